The lowest BCUT2D eigenvalue weighted by molar-refractivity contribution is -0.0600. The van der Waals surface area contributed by atoms with Gasteiger partial charge in [0.05, 0.1) is 12.2 Å². The smallest absolute Gasteiger partial charge is 0.127 e. The van der Waals surface area contributed by atoms with E-state index in [-0.39, 0.29) is 18.0 Å². The van der Waals surface area contributed by atoms with Crippen LogP contribution >= 0.6 is 0 Å². The first-order valence-corrected chi connectivity index (χ1v) is 9.79. The van der Waals surface area contributed by atoms with Gasteiger partial charge in [-0.1, -0.05) is 12.1 Å². The van der Waals surface area contributed by atoms with Crippen molar-refractivity contribution in [1.29, 1.82) is 0 Å². The first kappa shape index (κ1) is 19.6. The summed E-state index contributed by atoms with van der Waals surface area (Å²) in [6.07, 6.45) is 5.24. The van der Waals surface area contributed by atoms with Crippen LogP contribution in [0.3, 0.4) is 0 Å². The van der Waals surface area contributed by atoms with Gasteiger partial charge in [0.25, 0.3) is 0 Å². The van der Waals surface area contributed by atoms with Crippen molar-refractivity contribution < 1.29 is 18.6 Å². The van der Waals surface area contributed by atoms with Crippen molar-refractivity contribution in [3.63, 3.8) is 0 Å². The van der Waals surface area contributed by atoms with Gasteiger partial charge in [-0.2, -0.15) is 0 Å². The number of benzene rings is 2. The third-order valence-corrected chi connectivity index (χ3v) is 5.28. The number of methoxy groups -OCH3 is 1. The first-order valence-electron chi connectivity index (χ1n) is 9.79. The summed E-state index contributed by atoms with van der Waals surface area (Å²) < 4.78 is 33.3. The molecule has 0 N–H and O–H groups in total. The number of aromatic nitrogens is 2. The predicted octanol–water partition coefficient (Wildman–Crippen LogP) is 4.77. The molecule has 0 saturated carbocycles. The zero-order valence-electron chi connectivity index (χ0n) is 16.7. The minimum atomic E-state index is -0.327. The van der Waals surface area contributed by atoms with Crippen molar-refractivity contribution in [3.05, 3.63) is 77.6 Å². The van der Waals surface area contributed by atoms with Crippen LogP contribution in [0.25, 0.3) is 5.69 Å². The molecule has 0 amide bonds. The summed E-state index contributed by atoms with van der Waals surface area (Å²) in [4.78, 5) is 4.24. The molecule has 5 nitrogen and oxygen atoms in total. The van der Waals surface area contributed by atoms with Gasteiger partial charge in [0.15, 0.2) is 0 Å². The van der Waals surface area contributed by atoms with Gasteiger partial charge in [-0.05, 0) is 48.7 Å². The second-order valence-corrected chi connectivity index (χ2v) is 7.26. The highest BCUT2D eigenvalue weighted by atomic mass is 19.1. The van der Waals surface area contributed by atoms with Gasteiger partial charge in [-0.25, -0.2) is 9.37 Å². The van der Waals surface area contributed by atoms with Gasteiger partial charge in [0.1, 0.15) is 24.0 Å². The normalized spacial score (nSPS) is 19.3. The van der Waals surface area contributed by atoms with E-state index in [1.165, 1.54) is 12.1 Å². The zero-order chi connectivity index (χ0) is 20.2. The number of hydrogen-bond donors (Lipinski definition) is 0. The molecule has 2 aromatic carbocycles. The van der Waals surface area contributed by atoms with Crippen LogP contribution < -0.4 is 4.74 Å². The topological polar surface area (TPSA) is 45.5 Å². The minimum Gasteiger partial charge on any atom is -0.489 e. The maximum atomic E-state index is 14.2. The fraction of sp³-hybridized carbons (Fsp3) is 0.348. The molecule has 1 aliphatic heterocycles. The molecule has 0 spiro atoms. The molecule has 2 heterocycles. The lowest BCUT2D eigenvalue weighted by Gasteiger charge is -2.29. The molecule has 0 bridgehead atoms. The van der Waals surface area contributed by atoms with Gasteiger partial charge in [0.2, 0.25) is 0 Å². The van der Waals surface area contributed by atoms with Gasteiger partial charge < -0.3 is 18.8 Å². The van der Waals surface area contributed by atoms with Crippen LogP contribution in [0.15, 0.2) is 54.9 Å². The third-order valence-electron chi connectivity index (χ3n) is 5.28. The average molecular weight is 396 g/mol. The molecular weight excluding hydrogens is 371 g/mol. The Balaban J connectivity index is 1.43. The van der Waals surface area contributed by atoms with E-state index in [1.807, 2.05) is 48.0 Å². The molecule has 29 heavy (non-hydrogen) atoms. The van der Waals surface area contributed by atoms with Crippen molar-refractivity contribution >= 4 is 0 Å². The van der Waals surface area contributed by atoms with Crippen LogP contribution in [0.2, 0.25) is 0 Å². The number of halogens is 1. The molecule has 6 heteroatoms. The van der Waals surface area contributed by atoms with Crippen LogP contribution in [-0.2, 0) is 16.1 Å². The minimum absolute atomic E-state index is 0.138. The Morgan fingerprint density at radius 2 is 2.03 bits per heavy atom. The van der Waals surface area contributed by atoms with Crippen LogP contribution in [0.1, 0.15) is 35.9 Å². The van der Waals surface area contributed by atoms with Crippen LogP contribution in [-0.4, -0.2) is 29.4 Å². The largest absolute Gasteiger partial charge is 0.489 e. The van der Waals surface area contributed by atoms with Crippen molar-refractivity contribution in [2.24, 2.45) is 0 Å². The lowest BCUT2D eigenvalue weighted by atomic mass is 9.99. The third kappa shape index (κ3) is 4.66. The number of aryl methyl sites for hydroxylation is 1. The van der Waals surface area contributed by atoms with Crippen molar-refractivity contribution in [1.82, 2.24) is 9.55 Å². The Hall–Kier alpha value is -2.70. The Bertz CT molecular complexity index is 955. The fourth-order valence-electron chi connectivity index (χ4n) is 3.64. The highest BCUT2D eigenvalue weighted by Crippen LogP contribution is 2.32. The van der Waals surface area contributed by atoms with Crippen molar-refractivity contribution in [2.75, 3.05) is 13.7 Å². The Labute approximate surface area is 170 Å². The second kappa shape index (κ2) is 8.76. The summed E-state index contributed by atoms with van der Waals surface area (Å²) in [7, 11) is 1.70. The monoisotopic (exact) mass is 396 g/mol. The molecule has 2 unspecified atom stereocenters. The molecule has 1 saturated heterocycles. The molecule has 4 rings (SSSR count). The molecule has 1 aromatic heterocycles. The van der Waals surface area contributed by atoms with E-state index < -0.39 is 0 Å². The van der Waals surface area contributed by atoms with Gasteiger partial charge >= 0.3 is 0 Å². The Kier molecular flexibility index (Phi) is 5.92. The number of hydrogen-bond acceptors (Lipinski definition) is 4. The van der Waals surface area contributed by atoms with E-state index in [9.17, 15) is 4.39 Å². The summed E-state index contributed by atoms with van der Waals surface area (Å²) in [6, 6.07) is 12.8. The van der Waals surface area contributed by atoms with E-state index >= 15 is 0 Å². The molecule has 152 valence electrons. The number of rotatable bonds is 6. The number of ether oxygens (including phenoxy) is 3. The summed E-state index contributed by atoms with van der Waals surface area (Å²) in [5, 5.41) is 0. The molecular formula is C23H25FN2O3. The van der Waals surface area contributed by atoms with Gasteiger partial charge in [-0.15, -0.1) is 0 Å². The second-order valence-electron chi connectivity index (χ2n) is 7.26. The highest BCUT2D eigenvalue weighted by molar-refractivity contribution is 5.36. The van der Waals surface area contributed by atoms with Gasteiger partial charge in [0, 0.05) is 44.3 Å². The molecule has 3 aromatic rings. The Morgan fingerprint density at radius 3 is 2.76 bits per heavy atom. The number of nitrogens with zero attached hydrogens (tertiary/aromatic N) is 2. The Morgan fingerprint density at radius 1 is 1.21 bits per heavy atom. The summed E-state index contributed by atoms with van der Waals surface area (Å²) in [5.41, 5.74) is 2.83. The van der Waals surface area contributed by atoms with Crippen molar-refractivity contribution in [3.8, 4) is 11.4 Å². The SMILES string of the molecule is COC1CCOC(c2cc(F)cc(OCc3ccc(-n4ccnc4C)cc3)c2)C1. The van der Waals surface area contributed by atoms with E-state index in [0.717, 1.165) is 29.1 Å². The summed E-state index contributed by atoms with van der Waals surface area (Å²) in [5.74, 6) is 1.10. The quantitative estimate of drug-likeness (QED) is 0.602. The van der Waals surface area contributed by atoms with Crippen LogP contribution in [0, 0.1) is 12.7 Å². The first-order chi connectivity index (χ1) is 14.1. The molecule has 0 aliphatic carbocycles. The lowest BCUT2D eigenvalue weighted by Crippen LogP contribution is -2.25. The average Bonchev–Trinajstić information content (AvgIpc) is 3.18. The van der Waals surface area contributed by atoms with E-state index in [1.54, 1.807) is 13.3 Å². The summed E-state index contributed by atoms with van der Waals surface area (Å²) >= 11 is 0. The maximum Gasteiger partial charge on any atom is 0.127 e. The number of imidazole rings is 1. The van der Waals surface area contributed by atoms with E-state index in [0.29, 0.717) is 25.4 Å². The molecule has 0 radical (unpaired) electrons. The predicted molar refractivity (Wildman–Crippen MR) is 108 cm³/mol. The van der Waals surface area contributed by atoms with E-state index in [4.69, 9.17) is 14.2 Å². The molecule has 1 fully saturated rings. The van der Waals surface area contributed by atoms with Gasteiger partial charge in [-0.3, -0.25) is 0 Å². The summed E-state index contributed by atoms with van der Waals surface area (Å²) in [6.45, 7) is 2.93. The van der Waals surface area contributed by atoms with Crippen LogP contribution in [0.4, 0.5) is 4.39 Å². The fourth-order valence-corrected chi connectivity index (χ4v) is 3.64. The van der Waals surface area contributed by atoms with Crippen LogP contribution in [0.5, 0.6) is 5.75 Å². The molecule has 1 aliphatic rings. The highest BCUT2D eigenvalue weighted by Gasteiger charge is 2.24. The van der Waals surface area contributed by atoms with Crippen molar-refractivity contribution in [2.45, 2.75) is 38.6 Å². The standard InChI is InChI=1S/C23H25FN2O3/c1-16-25-8-9-26(16)20-5-3-17(4-6-20)15-29-22-12-18(11-19(24)13-22)23-14-21(27-2)7-10-28-23/h3-6,8-9,11-13,21,23H,7,10,14-15H2,1-2H3. The maximum absolute atomic E-state index is 14.2. The zero-order valence-corrected chi connectivity index (χ0v) is 16.7. The molecule has 2 atom stereocenters. The van der Waals surface area contributed by atoms with E-state index in [2.05, 4.69) is 4.98 Å².